The minimum Gasteiger partial charge on any atom is -0.370 e. The second kappa shape index (κ2) is 7.68. The van der Waals surface area contributed by atoms with E-state index in [0.717, 1.165) is 25.2 Å². The molecule has 1 heterocycles. The van der Waals surface area contributed by atoms with Gasteiger partial charge in [0.25, 0.3) is 0 Å². The largest absolute Gasteiger partial charge is 0.370 e. The van der Waals surface area contributed by atoms with Crippen LogP contribution in [-0.4, -0.2) is 29.2 Å². The highest BCUT2D eigenvalue weighted by Crippen LogP contribution is 2.09. The van der Waals surface area contributed by atoms with Crippen molar-refractivity contribution in [1.29, 1.82) is 0 Å². The van der Waals surface area contributed by atoms with Gasteiger partial charge in [-0.1, -0.05) is 32.3 Å². The predicted molar refractivity (Wildman–Crippen MR) is 71.5 cm³/mol. The van der Waals surface area contributed by atoms with Crippen LogP contribution in [0.1, 0.15) is 51.2 Å². The average Bonchev–Trinajstić information content (AvgIpc) is 2.78. The fraction of sp³-hybridized carbons (Fsp3) is 0.750. The molecule has 0 fully saturated rings. The first-order chi connectivity index (χ1) is 8.63. The highest BCUT2D eigenvalue weighted by atomic mass is 16.5. The Bertz CT molecular complexity index is 372. The summed E-state index contributed by atoms with van der Waals surface area (Å²) in [4.78, 5) is 8.48. The Labute approximate surface area is 108 Å². The zero-order valence-electron chi connectivity index (χ0n) is 11.4. The van der Waals surface area contributed by atoms with Crippen molar-refractivity contribution in [2.24, 2.45) is 10.7 Å². The molecule has 1 aromatic rings. The topological polar surface area (TPSA) is 89.3 Å². The summed E-state index contributed by atoms with van der Waals surface area (Å²) >= 11 is 0. The van der Waals surface area contributed by atoms with Crippen LogP contribution in [0.15, 0.2) is 9.52 Å². The summed E-state index contributed by atoms with van der Waals surface area (Å²) in [6.07, 6.45) is 2.84. The standard InChI is InChI=1S/C12H23N5O/c1-4-5-7-14-12(13)15-8-6-10-16-11(9(2)3)17-18-10/h9H,4-8H2,1-3H3,(H3,13,14,15). The van der Waals surface area contributed by atoms with Crippen molar-refractivity contribution in [1.82, 2.24) is 15.5 Å². The molecule has 1 aromatic heterocycles. The number of guanidine groups is 1. The van der Waals surface area contributed by atoms with Gasteiger partial charge in [-0.05, 0) is 6.42 Å². The van der Waals surface area contributed by atoms with Gasteiger partial charge in [0.1, 0.15) is 0 Å². The molecule has 102 valence electrons. The Morgan fingerprint density at radius 3 is 2.89 bits per heavy atom. The molecule has 3 N–H and O–H groups in total. The highest BCUT2D eigenvalue weighted by molar-refractivity contribution is 5.77. The zero-order valence-corrected chi connectivity index (χ0v) is 11.4. The molecule has 0 bridgehead atoms. The van der Waals surface area contributed by atoms with Crippen LogP contribution in [0.4, 0.5) is 0 Å². The van der Waals surface area contributed by atoms with Gasteiger partial charge in [-0.25, -0.2) is 0 Å². The number of aliphatic imine (C=N–C) groups is 1. The number of nitrogens with one attached hydrogen (secondary N) is 1. The smallest absolute Gasteiger partial charge is 0.228 e. The molecule has 0 spiro atoms. The Morgan fingerprint density at radius 2 is 2.28 bits per heavy atom. The molecule has 1 rings (SSSR count). The second-order valence-electron chi connectivity index (χ2n) is 4.50. The van der Waals surface area contributed by atoms with Gasteiger partial charge in [-0.3, -0.25) is 4.99 Å². The maximum atomic E-state index is 5.70. The van der Waals surface area contributed by atoms with E-state index in [1.807, 2.05) is 13.8 Å². The van der Waals surface area contributed by atoms with E-state index in [0.29, 0.717) is 24.8 Å². The van der Waals surface area contributed by atoms with E-state index >= 15 is 0 Å². The summed E-state index contributed by atoms with van der Waals surface area (Å²) < 4.78 is 5.12. The summed E-state index contributed by atoms with van der Waals surface area (Å²) in [6.45, 7) is 7.62. The van der Waals surface area contributed by atoms with Gasteiger partial charge in [-0.2, -0.15) is 4.98 Å². The fourth-order valence-corrected chi connectivity index (χ4v) is 1.32. The molecule has 6 nitrogen and oxygen atoms in total. The van der Waals surface area contributed by atoms with E-state index in [-0.39, 0.29) is 5.92 Å². The maximum absolute atomic E-state index is 5.70. The van der Waals surface area contributed by atoms with Crippen molar-refractivity contribution in [3.63, 3.8) is 0 Å². The molecule has 6 heteroatoms. The molecular weight excluding hydrogens is 230 g/mol. The molecule has 0 aliphatic carbocycles. The van der Waals surface area contributed by atoms with Crippen LogP contribution in [0.25, 0.3) is 0 Å². The van der Waals surface area contributed by atoms with Crippen LogP contribution >= 0.6 is 0 Å². The first-order valence-electron chi connectivity index (χ1n) is 6.49. The van der Waals surface area contributed by atoms with Crippen LogP contribution in [0.3, 0.4) is 0 Å². The maximum Gasteiger partial charge on any atom is 0.228 e. The van der Waals surface area contributed by atoms with Crippen LogP contribution in [-0.2, 0) is 6.42 Å². The Kier molecular flexibility index (Phi) is 6.18. The predicted octanol–water partition coefficient (Wildman–Crippen LogP) is 1.44. The van der Waals surface area contributed by atoms with E-state index in [9.17, 15) is 0 Å². The van der Waals surface area contributed by atoms with Crippen molar-refractivity contribution in [3.8, 4) is 0 Å². The summed E-state index contributed by atoms with van der Waals surface area (Å²) in [5.74, 6) is 2.14. The molecular formula is C12H23N5O. The quantitative estimate of drug-likeness (QED) is 0.436. The Balaban J connectivity index is 2.26. The first kappa shape index (κ1) is 14.5. The van der Waals surface area contributed by atoms with Crippen molar-refractivity contribution < 1.29 is 4.52 Å². The van der Waals surface area contributed by atoms with Gasteiger partial charge in [0.15, 0.2) is 11.8 Å². The van der Waals surface area contributed by atoms with Crippen molar-refractivity contribution >= 4 is 5.96 Å². The highest BCUT2D eigenvalue weighted by Gasteiger charge is 2.08. The minimum atomic E-state index is 0.288. The fourth-order valence-electron chi connectivity index (χ4n) is 1.32. The van der Waals surface area contributed by atoms with E-state index in [1.54, 1.807) is 0 Å². The SMILES string of the molecule is CCCCN=C(N)NCCc1nc(C(C)C)no1. The first-order valence-corrected chi connectivity index (χ1v) is 6.49. The van der Waals surface area contributed by atoms with Gasteiger partial charge < -0.3 is 15.6 Å². The van der Waals surface area contributed by atoms with Gasteiger partial charge in [-0.15, -0.1) is 0 Å². The summed E-state index contributed by atoms with van der Waals surface area (Å²) in [5, 5.41) is 6.93. The van der Waals surface area contributed by atoms with Crippen LogP contribution in [0.2, 0.25) is 0 Å². The second-order valence-corrected chi connectivity index (χ2v) is 4.50. The number of aromatic nitrogens is 2. The normalized spacial score (nSPS) is 12.1. The lowest BCUT2D eigenvalue weighted by atomic mass is 10.2. The summed E-state index contributed by atoms with van der Waals surface area (Å²) in [7, 11) is 0. The van der Waals surface area contributed by atoms with Crippen LogP contribution < -0.4 is 11.1 Å². The van der Waals surface area contributed by atoms with Gasteiger partial charge in [0.05, 0.1) is 0 Å². The number of unbranched alkanes of at least 4 members (excludes halogenated alkanes) is 1. The lowest BCUT2D eigenvalue weighted by Gasteiger charge is -2.02. The molecule has 0 saturated carbocycles. The molecule has 0 atom stereocenters. The van der Waals surface area contributed by atoms with Gasteiger partial charge in [0.2, 0.25) is 5.89 Å². The molecule has 0 unspecified atom stereocenters. The summed E-state index contributed by atoms with van der Waals surface area (Å²) in [6, 6.07) is 0. The van der Waals surface area contributed by atoms with Crippen LogP contribution in [0, 0.1) is 0 Å². The Morgan fingerprint density at radius 1 is 1.50 bits per heavy atom. The van der Waals surface area contributed by atoms with E-state index in [4.69, 9.17) is 10.3 Å². The van der Waals surface area contributed by atoms with Crippen molar-refractivity contribution in [3.05, 3.63) is 11.7 Å². The lowest BCUT2D eigenvalue weighted by Crippen LogP contribution is -2.33. The molecule has 0 aliphatic heterocycles. The third-order valence-corrected chi connectivity index (χ3v) is 2.44. The van der Waals surface area contributed by atoms with E-state index in [1.165, 1.54) is 0 Å². The number of nitrogens with two attached hydrogens (primary N) is 1. The lowest BCUT2D eigenvalue weighted by molar-refractivity contribution is 0.371. The third kappa shape index (κ3) is 5.16. The molecule has 18 heavy (non-hydrogen) atoms. The number of hydrogen-bond donors (Lipinski definition) is 2. The zero-order chi connectivity index (χ0) is 13.4. The molecule has 0 saturated heterocycles. The summed E-state index contributed by atoms with van der Waals surface area (Å²) in [5.41, 5.74) is 5.70. The molecule has 0 amide bonds. The molecule has 0 radical (unpaired) electrons. The Hall–Kier alpha value is -1.59. The number of rotatable bonds is 7. The minimum absolute atomic E-state index is 0.288. The number of hydrogen-bond acceptors (Lipinski definition) is 4. The van der Waals surface area contributed by atoms with Gasteiger partial charge in [0, 0.05) is 25.4 Å². The van der Waals surface area contributed by atoms with Crippen molar-refractivity contribution in [2.45, 2.75) is 46.0 Å². The monoisotopic (exact) mass is 253 g/mol. The van der Waals surface area contributed by atoms with Gasteiger partial charge >= 0.3 is 0 Å². The van der Waals surface area contributed by atoms with E-state index < -0.39 is 0 Å². The number of nitrogens with zero attached hydrogens (tertiary/aromatic N) is 3. The molecule has 0 aliphatic rings. The molecule has 0 aromatic carbocycles. The average molecular weight is 253 g/mol. The van der Waals surface area contributed by atoms with Crippen molar-refractivity contribution in [2.75, 3.05) is 13.1 Å². The van der Waals surface area contributed by atoms with Crippen LogP contribution in [0.5, 0.6) is 0 Å². The third-order valence-electron chi connectivity index (χ3n) is 2.44. The van der Waals surface area contributed by atoms with E-state index in [2.05, 4.69) is 27.4 Å².